The van der Waals surface area contributed by atoms with E-state index in [9.17, 15) is 5.11 Å². The molecule has 1 aromatic rings. The maximum atomic E-state index is 9.51. The number of aromatic nitrogens is 2. The van der Waals surface area contributed by atoms with Gasteiger partial charge in [-0.05, 0) is 29.3 Å². The van der Waals surface area contributed by atoms with Gasteiger partial charge in [0.2, 0.25) is 0 Å². The van der Waals surface area contributed by atoms with E-state index >= 15 is 0 Å². The Bertz CT molecular complexity index is 365. The van der Waals surface area contributed by atoms with Crippen molar-refractivity contribution in [1.29, 1.82) is 0 Å². The largest absolute Gasteiger partial charge is 0.391 e. The third-order valence-electron chi connectivity index (χ3n) is 2.26. The lowest BCUT2D eigenvalue weighted by Gasteiger charge is -2.12. The molecule has 0 aliphatic carbocycles. The molecule has 18 heavy (non-hydrogen) atoms. The molecule has 0 saturated heterocycles. The Hall–Kier alpha value is -0.920. The second-order valence-corrected chi connectivity index (χ2v) is 4.53. The number of aliphatic hydroxyl groups excluding tert-OH is 1. The zero-order valence-corrected chi connectivity index (χ0v) is 12.2. The summed E-state index contributed by atoms with van der Waals surface area (Å²) in [6.45, 7) is 3.76. The molecule has 3 N–H and O–H groups in total. The number of rotatable bonds is 8. The molecule has 0 bridgehead atoms. The Balaban J connectivity index is 2.49. The summed E-state index contributed by atoms with van der Waals surface area (Å²) < 4.78 is 5.66. The molecule has 1 aromatic heterocycles. The van der Waals surface area contributed by atoms with E-state index in [1.165, 1.54) is 6.33 Å². The van der Waals surface area contributed by atoms with E-state index in [2.05, 4.69) is 36.5 Å². The van der Waals surface area contributed by atoms with Crippen LogP contribution in [-0.4, -0.2) is 48.0 Å². The molecule has 102 valence electrons. The third kappa shape index (κ3) is 4.75. The number of hydrogen-bond acceptors (Lipinski definition) is 6. The molecule has 0 spiro atoms. The predicted octanol–water partition coefficient (Wildman–Crippen LogP) is 1.48. The van der Waals surface area contributed by atoms with Crippen LogP contribution in [0.3, 0.4) is 0 Å². The topological polar surface area (TPSA) is 79.3 Å². The minimum absolute atomic E-state index is 0.343. The van der Waals surface area contributed by atoms with Crippen LogP contribution in [-0.2, 0) is 4.74 Å². The molecule has 0 saturated carbocycles. The summed E-state index contributed by atoms with van der Waals surface area (Å²) in [7, 11) is 1.57. The lowest BCUT2D eigenvalue weighted by Crippen LogP contribution is -2.19. The van der Waals surface area contributed by atoms with Gasteiger partial charge in [-0.25, -0.2) is 9.97 Å². The van der Waals surface area contributed by atoms with Gasteiger partial charge in [0, 0.05) is 20.2 Å². The number of methoxy groups -OCH3 is 1. The zero-order chi connectivity index (χ0) is 13.4. The minimum atomic E-state index is -0.462. The molecule has 0 aromatic carbocycles. The van der Waals surface area contributed by atoms with Crippen molar-refractivity contribution < 1.29 is 9.84 Å². The van der Waals surface area contributed by atoms with Crippen molar-refractivity contribution in [2.75, 3.05) is 37.4 Å². The molecule has 0 amide bonds. The summed E-state index contributed by atoms with van der Waals surface area (Å²) in [6, 6.07) is 0. The SMILES string of the molecule is CCNc1ncnc(NCCC(O)COC)c1Br. The van der Waals surface area contributed by atoms with E-state index in [1.54, 1.807) is 7.11 Å². The highest BCUT2D eigenvalue weighted by Crippen LogP contribution is 2.26. The van der Waals surface area contributed by atoms with Gasteiger partial charge in [0.1, 0.15) is 22.4 Å². The molecular formula is C11H19BrN4O2. The fourth-order valence-corrected chi connectivity index (χ4v) is 1.90. The van der Waals surface area contributed by atoms with Gasteiger partial charge in [-0.1, -0.05) is 0 Å². The van der Waals surface area contributed by atoms with Crippen molar-refractivity contribution in [2.45, 2.75) is 19.4 Å². The lowest BCUT2D eigenvalue weighted by atomic mass is 10.2. The van der Waals surface area contributed by atoms with Crippen molar-refractivity contribution in [2.24, 2.45) is 0 Å². The van der Waals surface area contributed by atoms with Crippen LogP contribution in [0, 0.1) is 0 Å². The fourth-order valence-electron chi connectivity index (χ4n) is 1.42. The van der Waals surface area contributed by atoms with Crippen LogP contribution in [0.25, 0.3) is 0 Å². The van der Waals surface area contributed by atoms with Crippen LogP contribution in [0.4, 0.5) is 11.6 Å². The van der Waals surface area contributed by atoms with E-state index in [1.807, 2.05) is 6.92 Å². The first-order valence-corrected chi connectivity index (χ1v) is 6.63. The highest BCUT2D eigenvalue weighted by atomic mass is 79.9. The number of halogens is 1. The van der Waals surface area contributed by atoms with Crippen LogP contribution in [0.15, 0.2) is 10.8 Å². The van der Waals surface area contributed by atoms with Gasteiger partial charge in [-0.2, -0.15) is 0 Å². The van der Waals surface area contributed by atoms with E-state index in [0.717, 1.165) is 16.8 Å². The van der Waals surface area contributed by atoms with Crippen molar-refractivity contribution in [3.63, 3.8) is 0 Å². The maximum Gasteiger partial charge on any atom is 0.145 e. The number of aliphatic hydroxyl groups is 1. The minimum Gasteiger partial charge on any atom is -0.391 e. The van der Waals surface area contributed by atoms with Gasteiger partial charge in [-0.3, -0.25) is 0 Å². The van der Waals surface area contributed by atoms with Crippen molar-refractivity contribution in [1.82, 2.24) is 9.97 Å². The van der Waals surface area contributed by atoms with Gasteiger partial charge in [0.25, 0.3) is 0 Å². The van der Waals surface area contributed by atoms with Crippen LogP contribution < -0.4 is 10.6 Å². The zero-order valence-electron chi connectivity index (χ0n) is 10.6. The predicted molar refractivity (Wildman–Crippen MR) is 74.9 cm³/mol. The van der Waals surface area contributed by atoms with Crippen molar-refractivity contribution in [3.8, 4) is 0 Å². The number of ether oxygens (including phenoxy) is 1. The lowest BCUT2D eigenvalue weighted by molar-refractivity contribution is 0.0615. The smallest absolute Gasteiger partial charge is 0.145 e. The van der Waals surface area contributed by atoms with Gasteiger partial charge in [0.15, 0.2) is 0 Å². The molecule has 1 rings (SSSR count). The Morgan fingerprint density at radius 3 is 2.67 bits per heavy atom. The molecule has 1 heterocycles. The third-order valence-corrected chi connectivity index (χ3v) is 3.01. The fraction of sp³-hybridized carbons (Fsp3) is 0.636. The highest BCUT2D eigenvalue weighted by molar-refractivity contribution is 9.10. The van der Waals surface area contributed by atoms with Crippen molar-refractivity contribution >= 4 is 27.6 Å². The second-order valence-electron chi connectivity index (χ2n) is 3.74. The maximum absolute atomic E-state index is 9.51. The standard InChI is InChI=1S/C11H19BrN4O2/c1-3-13-10-9(12)11(16-7-15-10)14-5-4-8(17)6-18-2/h7-8,17H,3-6H2,1-2H3,(H2,13,14,15,16). The quantitative estimate of drug-likeness (QED) is 0.674. The van der Waals surface area contributed by atoms with Crippen LogP contribution in [0.5, 0.6) is 0 Å². The number of anilines is 2. The average molecular weight is 319 g/mol. The van der Waals surface area contributed by atoms with Gasteiger partial charge < -0.3 is 20.5 Å². The summed E-state index contributed by atoms with van der Waals surface area (Å²) in [6.07, 6.45) is 1.63. The van der Waals surface area contributed by atoms with Crippen LogP contribution in [0.2, 0.25) is 0 Å². The van der Waals surface area contributed by atoms with Crippen LogP contribution >= 0.6 is 15.9 Å². The summed E-state index contributed by atoms with van der Waals surface area (Å²) in [5, 5.41) is 15.8. The molecule has 0 aliphatic rings. The molecule has 7 heteroatoms. The van der Waals surface area contributed by atoms with Gasteiger partial charge in [-0.15, -0.1) is 0 Å². The van der Waals surface area contributed by atoms with E-state index in [4.69, 9.17) is 4.74 Å². The Morgan fingerprint density at radius 1 is 1.39 bits per heavy atom. The summed E-state index contributed by atoms with van der Waals surface area (Å²) in [5.74, 6) is 1.47. The van der Waals surface area contributed by atoms with Crippen LogP contribution in [0.1, 0.15) is 13.3 Å². The van der Waals surface area contributed by atoms with Crippen molar-refractivity contribution in [3.05, 3.63) is 10.8 Å². The number of nitrogens with one attached hydrogen (secondary N) is 2. The Kier molecular flexibility index (Phi) is 6.92. The summed E-state index contributed by atoms with van der Waals surface area (Å²) in [4.78, 5) is 8.26. The second kappa shape index (κ2) is 8.23. The molecule has 1 atom stereocenters. The van der Waals surface area contributed by atoms with Gasteiger partial charge in [0.05, 0.1) is 12.7 Å². The molecule has 6 nitrogen and oxygen atoms in total. The average Bonchev–Trinajstić information content (AvgIpc) is 2.34. The first-order chi connectivity index (χ1) is 8.69. The van der Waals surface area contributed by atoms with Gasteiger partial charge >= 0.3 is 0 Å². The molecule has 0 fully saturated rings. The summed E-state index contributed by atoms with van der Waals surface area (Å²) >= 11 is 3.44. The normalized spacial score (nSPS) is 12.2. The first kappa shape index (κ1) is 15.1. The number of nitrogens with zero attached hydrogens (tertiary/aromatic N) is 2. The molecule has 0 aliphatic heterocycles. The monoisotopic (exact) mass is 318 g/mol. The highest BCUT2D eigenvalue weighted by Gasteiger charge is 2.08. The van der Waals surface area contributed by atoms with E-state index in [-0.39, 0.29) is 0 Å². The summed E-state index contributed by atoms with van der Waals surface area (Å²) in [5.41, 5.74) is 0. The van der Waals surface area contributed by atoms with E-state index in [0.29, 0.717) is 25.4 Å². The first-order valence-electron chi connectivity index (χ1n) is 5.84. The van der Waals surface area contributed by atoms with E-state index < -0.39 is 6.10 Å². The Morgan fingerprint density at radius 2 is 2.06 bits per heavy atom. The Labute approximate surface area is 115 Å². The molecule has 0 radical (unpaired) electrons. The molecular weight excluding hydrogens is 300 g/mol. The molecule has 1 unspecified atom stereocenters. The number of hydrogen-bond donors (Lipinski definition) is 3.